The first-order valence-corrected chi connectivity index (χ1v) is 8.28. The van der Waals surface area contributed by atoms with E-state index in [1.165, 1.54) is 0 Å². The Morgan fingerprint density at radius 1 is 1.33 bits per heavy atom. The Morgan fingerprint density at radius 3 is 2.75 bits per heavy atom. The van der Waals surface area contributed by atoms with Gasteiger partial charge in [0.15, 0.2) is 0 Å². The van der Waals surface area contributed by atoms with E-state index in [9.17, 15) is 14.4 Å². The van der Waals surface area contributed by atoms with Gasteiger partial charge in [-0.25, -0.2) is 0 Å². The monoisotopic (exact) mass is 344 g/mol. The van der Waals surface area contributed by atoms with Crippen molar-refractivity contribution in [1.82, 2.24) is 9.88 Å². The first kappa shape index (κ1) is 16.3. The molecule has 7 heteroatoms. The second-order valence-corrected chi connectivity index (χ2v) is 6.64. The molecule has 0 aliphatic carbocycles. The number of amides is 2. The summed E-state index contributed by atoms with van der Waals surface area (Å²) < 4.78 is 6.97. The lowest BCUT2D eigenvalue weighted by atomic mass is 10.1. The van der Waals surface area contributed by atoms with Crippen molar-refractivity contribution in [2.45, 2.75) is 26.5 Å². The number of carbonyl (C=O) groups is 3. The maximum Gasteiger partial charge on any atom is 0.326 e. The van der Waals surface area contributed by atoms with Crippen LogP contribution in [0.3, 0.4) is 0 Å². The molecule has 124 valence electrons. The standard InChI is InChI=1S/C17H16N2O4S/c1-10(2)23-15(20)9-19-8-11(12-5-3-4-6-13(12)19)7-14-16(21)18-17(22)24-14/h3-8,10H,9H2,1-2H3,(H,18,21,22)/b14-7+. The van der Waals surface area contributed by atoms with Crippen molar-refractivity contribution in [1.29, 1.82) is 0 Å². The number of aromatic nitrogens is 1. The smallest absolute Gasteiger partial charge is 0.326 e. The van der Waals surface area contributed by atoms with E-state index in [0.717, 1.165) is 28.2 Å². The van der Waals surface area contributed by atoms with Crippen LogP contribution in [0.4, 0.5) is 4.79 Å². The van der Waals surface area contributed by atoms with Crippen LogP contribution in [0, 0.1) is 0 Å². The van der Waals surface area contributed by atoms with Gasteiger partial charge in [-0.1, -0.05) is 18.2 Å². The van der Waals surface area contributed by atoms with E-state index in [0.29, 0.717) is 4.91 Å². The predicted molar refractivity (Wildman–Crippen MR) is 92.3 cm³/mol. The van der Waals surface area contributed by atoms with E-state index in [1.54, 1.807) is 30.7 Å². The minimum atomic E-state index is -0.402. The largest absolute Gasteiger partial charge is 0.462 e. The maximum atomic E-state index is 11.9. The highest BCUT2D eigenvalue weighted by Crippen LogP contribution is 2.29. The third-order valence-corrected chi connectivity index (χ3v) is 4.23. The van der Waals surface area contributed by atoms with E-state index in [4.69, 9.17) is 4.74 Å². The number of thioether (sulfide) groups is 1. The van der Waals surface area contributed by atoms with Gasteiger partial charge in [-0.3, -0.25) is 19.7 Å². The van der Waals surface area contributed by atoms with Gasteiger partial charge in [0.25, 0.3) is 11.1 Å². The molecule has 1 aromatic carbocycles. The third-order valence-electron chi connectivity index (χ3n) is 3.41. The fourth-order valence-electron chi connectivity index (χ4n) is 2.52. The van der Waals surface area contributed by atoms with Crippen molar-refractivity contribution >= 4 is 45.9 Å². The molecule has 24 heavy (non-hydrogen) atoms. The lowest BCUT2D eigenvalue weighted by Gasteiger charge is -2.09. The number of nitrogens with one attached hydrogen (secondary N) is 1. The second-order valence-electron chi connectivity index (χ2n) is 5.62. The van der Waals surface area contributed by atoms with Crippen LogP contribution in [0.5, 0.6) is 0 Å². The van der Waals surface area contributed by atoms with Gasteiger partial charge in [0, 0.05) is 22.7 Å². The number of hydrogen-bond acceptors (Lipinski definition) is 5. The zero-order valence-electron chi connectivity index (χ0n) is 13.2. The quantitative estimate of drug-likeness (QED) is 0.682. The number of para-hydroxylation sites is 1. The summed E-state index contributed by atoms with van der Waals surface area (Å²) in [6, 6.07) is 7.57. The van der Waals surface area contributed by atoms with E-state index < -0.39 is 5.91 Å². The number of rotatable bonds is 4. The van der Waals surface area contributed by atoms with Crippen molar-refractivity contribution in [3.05, 3.63) is 40.9 Å². The molecular weight excluding hydrogens is 328 g/mol. The number of carbonyl (C=O) groups excluding carboxylic acids is 3. The van der Waals surface area contributed by atoms with Gasteiger partial charge in [0.2, 0.25) is 0 Å². The molecule has 2 aromatic rings. The van der Waals surface area contributed by atoms with Crippen molar-refractivity contribution in [3.8, 4) is 0 Å². The second kappa shape index (κ2) is 6.52. The minimum absolute atomic E-state index is 0.0835. The normalized spacial score (nSPS) is 16.2. The van der Waals surface area contributed by atoms with E-state index in [-0.39, 0.29) is 23.9 Å². The van der Waals surface area contributed by atoms with Crippen molar-refractivity contribution in [3.63, 3.8) is 0 Å². The average Bonchev–Trinajstić information content (AvgIpc) is 3.00. The summed E-state index contributed by atoms with van der Waals surface area (Å²) in [6.45, 7) is 3.68. The summed E-state index contributed by atoms with van der Waals surface area (Å²) in [5, 5.41) is 2.75. The first-order chi connectivity index (χ1) is 11.4. The molecule has 0 atom stereocenters. The molecule has 2 heterocycles. The fourth-order valence-corrected chi connectivity index (χ4v) is 3.20. The molecule has 0 spiro atoms. The number of hydrogen-bond donors (Lipinski definition) is 1. The molecule has 0 unspecified atom stereocenters. The number of esters is 1. The average molecular weight is 344 g/mol. The van der Waals surface area contributed by atoms with Gasteiger partial charge in [-0.2, -0.15) is 0 Å². The summed E-state index contributed by atoms with van der Waals surface area (Å²) in [5.41, 5.74) is 1.63. The first-order valence-electron chi connectivity index (χ1n) is 7.46. The molecule has 1 aromatic heterocycles. The molecular formula is C17H16N2O4S. The lowest BCUT2D eigenvalue weighted by Crippen LogP contribution is -2.17. The topological polar surface area (TPSA) is 77.4 Å². The number of benzene rings is 1. The third kappa shape index (κ3) is 3.35. The fraction of sp³-hybridized carbons (Fsp3) is 0.235. The predicted octanol–water partition coefficient (Wildman–Crippen LogP) is 2.92. The highest BCUT2D eigenvalue weighted by molar-refractivity contribution is 8.18. The Bertz CT molecular complexity index is 867. The van der Waals surface area contributed by atoms with Gasteiger partial charge in [0.05, 0.1) is 11.0 Å². The lowest BCUT2D eigenvalue weighted by molar-refractivity contribution is -0.148. The number of ether oxygens (including phenoxy) is 1. The molecule has 0 radical (unpaired) electrons. The van der Waals surface area contributed by atoms with E-state index >= 15 is 0 Å². The van der Waals surface area contributed by atoms with Crippen molar-refractivity contribution in [2.75, 3.05) is 0 Å². The van der Waals surface area contributed by atoms with E-state index in [2.05, 4.69) is 5.32 Å². The number of fused-ring (bicyclic) bond motifs is 1. The molecule has 1 N–H and O–H groups in total. The van der Waals surface area contributed by atoms with Crippen LogP contribution in [0.2, 0.25) is 0 Å². The molecule has 1 fully saturated rings. The summed E-state index contributed by atoms with van der Waals surface area (Å²) in [4.78, 5) is 35.3. The molecule has 1 aliphatic rings. The molecule has 6 nitrogen and oxygen atoms in total. The summed E-state index contributed by atoms with van der Waals surface area (Å²) in [7, 11) is 0. The Morgan fingerprint density at radius 2 is 2.08 bits per heavy atom. The van der Waals surface area contributed by atoms with Crippen LogP contribution < -0.4 is 5.32 Å². The SMILES string of the molecule is CC(C)OC(=O)Cn1cc(/C=C2/SC(=O)NC2=O)c2ccccc21. The Labute approximate surface area is 142 Å². The summed E-state index contributed by atoms with van der Waals surface area (Å²) >= 11 is 0.869. The van der Waals surface area contributed by atoms with Gasteiger partial charge in [-0.05, 0) is 37.8 Å². The highest BCUT2D eigenvalue weighted by Gasteiger charge is 2.25. The van der Waals surface area contributed by atoms with Crippen LogP contribution in [0.25, 0.3) is 17.0 Å². The Balaban J connectivity index is 1.98. The van der Waals surface area contributed by atoms with Crippen LogP contribution >= 0.6 is 11.8 Å². The summed E-state index contributed by atoms with van der Waals surface area (Å²) in [5.74, 6) is -0.728. The van der Waals surface area contributed by atoms with Crippen LogP contribution in [-0.2, 0) is 20.9 Å². The van der Waals surface area contributed by atoms with Gasteiger partial charge in [0.1, 0.15) is 6.54 Å². The zero-order chi connectivity index (χ0) is 17.3. The molecule has 3 rings (SSSR count). The number of nitrogens with zero attached hydrogens (tertiary/aromatic N) is 1. The molecule has 0 saturated carbocycles. The maximum absolute atomic E-state index is 11.9. The van der Waals surface area contributed by atoms with E-state index in [1.807, 2.05) is 24.3 Å². The zero-order valence-corrected chi connectivity index (χ0v) is 14.1. The van der Waals surface area contributed by atoms with Gasteiger partial charge < -0.3 is 9.30 Å². The molecule has 1 saturated heterocycles. The Hall–Kier alpha value is -2.54. The summed E-state index contributed by atoms with van der Waals surface area (Å²) in [6.07, 6.45) is 3.28. The van der Waals surface area contributed by atoms with Crippen molar-refractivity contribution in [2.24, 2.45) is 0 Å². The van der Waals surface area contributed by atoms with Gasteiger partial charge in [-0.15, -0.1) is 0 Å². The molecule has 0 bridgehead atoms. The highest BCUT2D eigenvalue weighted by atomic mass is 32.2. The van der Waals surface area contributed by atoms with Gasteiger partial charge >= 0.3 is 5.97 Å². The van der Waals surface area contributed by atoms with Crippen LogP contribution in [-0.4, -0.2) is 27.8 Å². The molecule has 1 aliphatic heterocycles. The van der Waals surface area contributed by atoms with Crippen LogP contribution in [0.1, 0.15) is 19.4 Å². The minimum Gasteiger partial charge on any atom is -0.462 e. The number of imide groups is 1. The van der Waals surface area contributed by atoms with Crippen molar-refractivity contribution < 1.29 is 19.1 Å². The molecule has 2 amide bonds. The van der Waals surface area contributed by atoms with Crippen LogP contribution in [0.15, 0.2) is 35.4 Å². The Kier molecular flexibility index (Phi) is 4.44.